The van der Waals surface area contributed by atoms with E-state index < -0.39 is 0 Å². The lowest BCUT2D eigenvalue weighted by Crippen LogP contribution is -1.97. The van der Waals surface area contributed by atoms with Gasteiger partial charge in [0.25, 0.3) is 0 Å². The molecular weight excluding hydrogens is 328 g/mol. The van der Waals surface area contributed by atoms with Crippen molar-refractivity contribution in [3.63, 3.8) is 0 Å². The summed E-state index contributed by atoms with van der Waals surface area (Å²) in [5.41, 5.74) is 3.15. The summed E-state index contributed by atoms with van der Waals surface area (Å²) < 4.78 is 6.84. The minimum Gasteiger partial charge on any atom is -0.395 e. The van der Waals surface area contributed by atoms with Gasteiger partial charge in [-0.15, -0.1) is 0 Å². The van der Waals surface area contributed by atoms with Crippen LogP contribution >= 0.6 is 15.9 Å². The molecule has 3 heteroatoms. The van der Waals surface area contributed by atoms with Crippen LogP contribution in [-0.4, -0.2) is 11.7 Å². The lowest BCUT2D eigenvalue weighted by molar-refractivity contribution is 0.106. The van der Waals surface area contributed by atoms with Gasteiger partial charge in [-0.1, -0.05) is 64.2 Å². The molecule has 0 spiro atoms. The highest BCUT2D eigenvalue weighted by Crippen LogP contribution is 2.18. The van der Waals surface area contributed by atoms with Gasteiger partial charge in [0.05, 0.1) is 19.8 Å². The molecule has 0 heterocycles. The Labute approximate surface area is 133 Å². The summed E-state index contributed by atoms with van der Waals surface area (Å²) >= 11 is 3.51. The summed E-state index contributed by atoms with van der Waals surface area (Å²) in [6.45, 7) is 1.17. The molecule has 0 aliphatic heterocycles. The summed E-state index contributed by atoms with van der Waals surface area (Å²) in [7, 11) is 0. The zero-order chi connectivity index (χ0) is 14.9. The third kappa shape index (κ3) is 5.02. The second kappa shape index (κ2) is 8.63. The molecule has 2 aromatic rings. The first-order valence-corrected chi connectivity index (χ1v) is 7.59. The fourth-order valence-corrected chi connectivity index (χ4v) is 2.27. The van der Waals surface area contributed by atoms with Crippen LogP contribution in [0.1, 0.15) is 23.1 Å². The van der Waals surface area contributed by atoms with E-state index in [0.29, 0.717) is 19.6 Å². The third-order valence-electron chi connectivity index (χ3n) is 2.95. The van der Waals surface area contributed by atoms with Crippen molar-refractivity contribution in [3.05, 3.63) is 69.7 Å². The number of halogens is 1. The molecule has 0 atom stereocenters. The summed E-state index contributed by atoms with van der Waals surface area (Å²) in [5, 5.41) is 8.78. The largest absolute Gasteiger partial charge is 0.395 e. The van der Waals surface area contributed by atoms with Gasteiger partial charge in [-0.3, -0.25) is 0 Å². The van der Waals surface area contributed by atoms with Crippen LogP contribution in [0, 0.1) is 11.8 Å². The van der Waals surface area contributed by atoms with Crippen LogP contribution in [0.25, 0.3) is 0 Å². The van der Waals surface area contributed by atoms with Crippen molar-refractivity contribution in [2.24, 2.45) is 0 Å². The molecule has 0 saturated carbocycles. The predicted octanol–water partition coefficient (Wildman–Crippen LogP) is 3.90. The number of rotatable bonds is 5. The maximum Gasteiger partial charge on any atom is 0.0733 e. The molecule has 2 rings (SSSR count). The predicted molar refractivity (Wildman–Crippen MR) is 87.7 cm³/mol. The quantitative estimate of drug-likeness (QED) is 0.833. The molecule has 21 heavy (non-hydrogen) atoms. The maximum absolute atomic E-state index is 8.78. The lowest BCUT2D eigenvalue weighted by atomic mass is 10.1. The Hall–Kier alpha value is -1.60. The maximum atomic E-state index is 8.78. The molecule has 0 bridgehead atoms. The molecule has 0 aromatic heterocycles. The first kappa shape index (κ1) is 15.8. The Morgan fingerprint density at radius 3 is 2.38 bits per heavy atom. The summed E-state index contributed by atoms with van der Waals surface area (Å²) in [4.78, 5) is 0. The highest BCUT2D eigenvalue weighted by atomic mass is 79.9. The molecule has 1 N–H and O–H groups in total. The first-order valence-electron chi connectivity index (χ1n) is 6.80. The van der Waals surface area contributed by atoms with Gasteiger partial charge in [-0.25, -0.2) is 0 Å². The Balaban J connectivity index is 1.98. The van der Waals surface area contributed by atoms with E-state index >= 15 is 0 Å². The van der Waals surface area contributed by atoms with Crippen LogP contribution in [-0.2, 0) is 18.0 Å². The van der Waals surface area contributed by atoms with Gasteiger partial charge in [0.15, 0.2) is 0 Å². The second-order valence-electron chi connectivity index (χ2n) is 4.52. The highest BCUT2D eigenvalue weighted by Gasteiger charge is 2.02. The lowest BCUT2D eigenvalue weighted by Gasteiger charge is -2.08. The molecule has 0 aliphatic rings. The first-order chi connectivity index (χ1) is 10.3. The fourth-order valence-electron chi connectivity index (χ4n) is 1.87. The minimum atomic E-state index is 0.0910. The van der Waals surface area contributed by atoms with Crippen molar-refractivity contribution in [2.45, 2.75) is 19.6 Å². The number of hydrogen-bond donors (Lipinski definition) is 1. The van der Waals surface area contributed by atoms with Crippen molar-refractivity contribution in [1.29, 1.82) is 0 Å². The molecular formula is C18H17BrO2. The average molecular weight is 345 g/mol. The minimum absolute atomic E-state index is 0.0910. The van der Waals surface area contributed by atoms with Crippen molar-refractivity contribution in [2.75, 3.05) is 6.61 Å². The van der Waals surface area contributed by atoms with E-state index in [4.69, 9.17) is 9.84 Å². The van der Waals surface area contributed by atoms with Gasteiger partial charge in [-0.05, 0) is 23.3 Å². The van der Waals surface area contributed by atoms with Gasteiger partial charge in [0, 0.05) is 16.5 Å². The summed E-state index contributed by atoms with van der Waals surface area (Å²) in [6.07, 6.45) is 0.492. The monoisotopic (exact) mass is 344 g/mol. The normalized spacial score (nSPS) is 10.0. The van der Waals surface area contributed by atoms with E-state index in [9.17, 15) is 0 Å². The fraction of sp³-hybridized carbons (Fsp3) is 0.222. The standard InChI is InChI=1S/C18H17BrO2/c19-18-11-4-3-10-17(18)14-21-13-16-9-2-1-7-15(16)8-5-6-12-20/h1-4,7,9-11,20H,6,12-14H2. The van der Waals surface area contributed by atoms with Crippen LogP contribution in [0.15, 0.2) is 53.0 Å². The Morgan fingerprint density at radius 1 is 0.952 bits per heavy atom. The van der Waals surface area contributed by atoms with Gasteiger partial charge in [0.1, 0.15) is 0 Å². The van der Waals surface area contributed by atoms with Crippen molar-refractivity contribution in [1.82, 2.24) is 0 Å². The van der Waals surface area contributed by atoms with Gasteiger partial charge >= 0.3 is 0 Å². The molecule has 2 nitrogen and oxygen atoms in total. The van der Waals surface area contributed by atoms with Crippen LogP contribution in [0.2, 0.25) is 0 Å². The molecule has 0 aliphatic carbocycles. The van der Waals surface area contributed by atoms with Crippen LogP contribution < -0.4 is 0 Å². The van der Waals surface area contributed by atoms with E-state index in [1.54, 1.807) is 0 Å². The van der Waals surface area contributed by atoms with Crippen molar-refractivity contribution >= 4 is 15.9 Å². The van der Waals surface area contributed by atoms with E-state index in [2.05, 4.69) is 27.8 Å². The van der Waals surface area contributed by atoms with Crippen molar-refractivity contribution in [3.8, 4) is 11.8 Å². The topological polar surface area (TPSA) is 29.5 Å². The number of benzene rings is 2. The Bertz CT molecular complexity index is 641. The van der Waals surface area contributed by atoms with Crippen molar-refractivity contribution < 1.29 is 9.84 Å². The van der Waals surface area contributed by atoms with E-state index in [1.165, 1.54) is 0 Å². The summed E-state index contributed by atoms with van der Waals surface area (Å²) in [6, 6.07) is 16.0. The van der Waals surface area contributed by atoms with Crippen LogP contribution in [0.3, 0.4) is 0 Å². The van der Waals surface area contributed by atoms with Gasteiger partial charge in [0.2, 0.25) is 0 Å². The molecule has 0 radical (unpaired) electrons. The number of aliphatic hydroxyl groups excluding tert-OH is 1. The second-order valence-corrected chi connectivity index (χ2v) is 5.37. The molecule has 108 valence electrons. The smallest absolute Gasteiger partial charge is 0.0733 e. The summed E-state index contributed by atoms with van der Waals surface area (Å²) in [5.74, 6) is 6.02. The molecule has 0 unspecified atom stereocenters. The number of hydrogen-bond acceptors (Lipinski definition) is 2. The van der Waals surface area contributed by atoms with Gasteiger partial charge < -0.3 is 9.84 Å². The van der Waals surface area contributed by atoms with Crippen LogP contribution in [0.4, 0.5) is 0 Å². The van der Waals surface area contributed by atoms with E-state index in [-0.39, 0.29) is 6.61 Å². The SMILES string of the molecule is OCCC#Cc1ccccc1COCc1ccccc1Br. The average Bonchev–Trinajstić information content (AvgIpc) is 2.51. The van der Waals surface area contributed by atoms with E-state index in [0.717, 1.165) is 21.2 Å². The highest BCUT2D eigenvalue weighted by molar-refractivity contribution is 9.10. The third-order valence-corrected chi connectivity index (χ3v) is 3.72. The Kier molecular flexibility index (Phi) is 6.49. The van der Waals surface area contributed by atoms with Crippen LogP contribution in [0.5, 0.6) is 0 Å². The Morgan fingerprint density at radius 2 is 1.62 bits per heavy atom. The molecule has 0 fully saturated rings. The molecule has 2 aromatic carbocycles. The zero-order valence-electron chi connectivity index (χ0n) is 11.7. The zero-order valence-corrected chi connectivity index (χ0v) is 13.3. The number of ether oxygens (including phenoxy) is 1. The molecule has 0 saturated heterocycles. The number of aliphatic hydroxyl groups is 1. The van der Waals surface area contributed by atoms with E-state index in [1.807, 2.05) is 48.5 Å². The van der Waals surface area contributed by atoms with Gasteiger partial charge in [-0.2, -0.15) is 0 Å². The molecule has 0 amide bonds.